The average molecular weight is 270 g/mol. The summed E-state index contributed by atoms with van der Waals surface area (Å²) in [6.07, 6.45) is -2.19. The molecule has 0 radical (unpaired) electrons. The maximum Gasteiger partial charge on any atom is 0.469 e. The second kappa shape index (κ2) is 6.70. The molecule has 2 unspecified atom stereocenters. The lowest BCUT2D eigenvalue weighted by Crippen LogP contribution is -2.35. The van der Waals surface area contributed by atoms with Gasteiger partial charge in [-0.3, -0.25) is 14.1 Å². The van der Waals surface area contributed by atoms with Crippen molar-refractivity contribution in [1.82, 2.24) is 0 Å². The standard InChI is InChI=1S/C8H15O8P/c1-5(16-17(11,12)13)8(15-7(3)10)4-14-6(2)9/h5,8H,4H2,1-3H3,(H2,11,12,13). The monoisotopic (exact) mass is 270 g/mol. The fourth-order valence-electron chi connectivity index (χ4n) is 0.962. The van der Waals surface area contributed by atoms with Crippen molar-refractivity contribution in [2.45, 2.75) is 33.0 Å². The predicted octanol–water partition coefficient (Wildman–Crippen LogP) is -0.0210. The fraction of sp³-hybridized carbons (Fsp3) is 0.750. The highest BCUT2D eigenvalue weighted by molar-refractivity contribution is 7.46. The molecule has 0 bridgehead atoms. The second-order valence-corrected chi connectivity index (χ2v) is 4.44. The average Bonchev–Trinajstić information content (AvgIpc) is 2.08. The molecule has 0 saturated heterocycles. The lowest BCUT2D eigenvalue weighted by atomic mass is 10.2. The van der Waals surface area contributed by atoms with E-state index in [0.717, 1.165) is 13.8 Å². The van der Waals surface area contributed by atoms with Crippen molar-refractivity contribution in [1.29, 1.82) is 0 Å². The fourth-order valence-corrected chi connectivity index (χ4v) is 1.53. The zero-order valence-corrected chi connectivity index (χ0v) is 10.5. The summed E-state index contributed by atoms with van der Waals surface area (Å²) in [7, 11) is -4.70. The largest absolute Gasteiger partial charge is 0.469 e. The number of ether oxygens (including phenoxy) is 2. The van der Waals surface area contributed by atoms with E-state index in [1.165, 1.54) is 6.92 Å². The van der Waals surface area contributed by atoms with Crippen LogP contribution in [0.4, 0.5) is 0 Å². The number of phosphoric acid groups is 1. The summed E-state index contributed by atoms with van der Waals surface area (Å²) < 4.78 is 24.2. The van der Waals surface area contributed by atoms with E-state index in [1.807, 2.05) is 0 Å². The van der Waals surface area contributed by atoms with Crippen LogP contribution >= 0.6 is 7.82 Å². The summed E-state index contributed by atoms with van der Waals surface area (Å²) in [6, 6.07) is 0. The van der Waals surface area contributed by atoms with Gasteiger partial charge in [0.15, 0.2) is 6.10 Å². The number of hydrogen-bond donors (Lipinski definition) is 2. The summed E-state index contributed by atoms with van der Waals surface area (Å²) in [5.74, 6) is -1.28. The zero-order chi connectivity index (χ0) is 13.6. The quantitative estimate of drug-likeness (QED) is 0.510. The highest BCUT2D eigenvalue weighted by atomic mass is 31.2. The number of phosphoric ester groups is 1. The summed E-state index contributed by atoms with van der Waals surface area (Å²) in [5, 5.41) is 0. The van der Waals surface area contributed by atoms with Crippen LogP contribution in [-0.4, -0.2) is 40.5 Å². The molecule has 0 aliphatic carbocycles. The van der Waals surface area contributed by atoms with Gasteiger partial charge in [-0.05, 0) is 6.92 Å². The van der Waals surface area contributed by atoms with Gasteiger partial charge in [0.05, 0.1) is 0 Å². The Morgan fingerprint density at radius 2 is 1.76 bits per heavy atom. The van der Waals surface area contributed by atoms with Crippen LogP contribution in [0, 0.1) is 0 Å². The molecule has 9 heteroatoms. The van der Waals surface area contributed by atoms with Crippen molar-refractivity contribution in [2.24, 2.45) is 0 Å². The highest BCUT2D eigenvalue weighted by Gasteiger charge is 2.29. The van der Waals surface area contributed by atoms with Gasteiger partial charge in [0.25, 0.3) is 0 Å². The van der Waals surface area contributed by atoms with Crippen LogP contribution in [0.1, 0.15) is 20.8 Å². The maximum absolute atomic E-state index is 10.8. The molecule has 17 heavy (non-hydrogen) atoms. The van der Waals surface area contributed by atoms with Gasteiger partial charge in [-0.25, -0.2) is 4.57 Å². The van der Waals surface area contributed by atoms with Crippen molar-refractivity contribution in [3.63, 3.8) is 0 Å². The number of carbonyl (C=O) groups is 2. The molecule has 100 valence electrons. The summed E-state index contributed by atoms with van der Waals surface area (Å²) in [5.41, 5.74) is 0. The molecule has 0 amide bonds. The first-order valence-corrected chi connectivity index (χ1v) is 6.19. The Morgan fingerprint density at radius 3 is 2.12 bits per heavy atom. The number of rotatable bonds is 6. The molecule has 0 aromatic carbocycles. The molecule has 0 aliphatic rings. The first kappa shape index (κ1) is 16.1. The molecule has 0 heterocycles. The summed E-state index contributed by atoms with van der Waals surface area (Å²) in [6.45, 7) is 3.22. The van der Waals surface area contributed by atoms with E-state index in [9.17, 15) is 14.2 Å². The van der Waals surface area contributed by atoms with E-state index in [1.54, 1.807) is 0 Å². The third kappa shape index (κ3) is 8.82. The van der Waals surface area contributed by atoms with Gasteiger partial charge < -0.3 is 19.3 Å². The third-order valence-electron chi connectivity index (χ3n) is 1.60. The minimum Gasteiger partial charge on any atom is -0.462 e. The van der Waals surface area contributed by atoms with Gasteiger partial charge in [0.1, 0.15) is 12.7 Å². The maximum atomic E-state index is 10.8. The molecular weight excluding hydrogens is 255 g/mol. The predicted molar refractivity (Wildman–Crippen MR) is 54.8 cm³/mol. The molecule has 0 aliphatic heterocycles. The molecule has 0 aromatic rings. The van der Waals surface area contributed by atoms with Gasteiger partial charge in [-0.2, -0.15) is 0 Å². The van der Waals surface area contributed by atoms with Gasteiger partial charge in [-0.1, -0.05) is 0 Å². The Bertz CT molecular complexity index is 321. The van der Waals surface area contributed by atoms with Crippen LogP contribution in [0.5, 0.6) is 0 Å². The van der Waals surface area contributed by atoms with Crippen LogP contribution in [0.2, 0.25) is 0 Å². The number of esters is 2. The van der Waals surface area contributed by atoms with Crippen LogP contribution in [-0.2, 0) is 28.2 Å². The van der Waals surface area contributed by atoms with Crippen LogP contribution in [0.15, 0.2) is 0 Å². The van der Waals surface area contributed by atoms with Crippen LogP contribution in [0.25, 0.3) is 0 Å². The molecule has 0 aromatic heterocycles. The molecule has 0 spiro atoms. The minimum atomic E-state index is -4.70. The minimum absolute atomic E-state index is 0.337. The summed E-state index contributed by atoms with van der Waals surface area (Å²) >= 11 is 0. The van der Waals surface area contributed by atoms with Crippen LogP contribution < -0.4 is 0 Å². The first-order chi connectivity index (χ1) is 7.61. The molecule has 2 N–H and O–H groups in total. The van der Waals surface area contributed by atoms with Crippen molar-refractivity contribution in [3.05, 3.63) is 0 Å². The van der Waals surface area contributed by atoms with Crippen molar-refractivity contribution in [2.75, 3.05) is 6.61 Å². The Hall–Kier alpha value is -0.950. The lowest BCUT2D eigenvalue weighted by molar-refractivity contribution is -0.162. The Kier molecular flexibility index (Phi) is 6.33. The van der Waals surface area contributed by atoms with E-state index in [2.05, 4.69) is 9.26 Å². The smallest absolute Gasteiger partial charge is 0.462 e. The zero-order valence-electron chi connectivity index (χ0n) is 9.65. The number of carbonyl (C=O) groups excluding carboxylic acids is 2. The molecular formula is C8H15O8P. The normalized spacial score (nSPS) is 14.9. The molecule has 0 fully saturated rings. The van der Waals surface area contributed by atoms with Gasteiger partial charge >= 0.3 is 19.8 Å². The molecule has 8 nitrogen and oxygen atoms in total. The summed E-state index contributed by atoms with van der Waals surface area (Å²) in [4.78, 5) is 38.5. The Balaban J connectivity index is 4.49. The van der Waals surface area contributed by atoms with Gasteiger partial charge in [0.2, 0.25) is 0 Å². The van der Waals surface area contributed by atoms with Crippen molar-refractivity contribution >= 4 is 19.8 Å². The molecule has 0 saturated carbocycles. The third-order valence-corrected chi connectivity index (χ3v) is 2.20. The van der Waals surface area contributed by atoms with Crippen LogP contribution in [0.3, 0.4) is 0 Å². The van der Waals surface area contributed by atoms with Gasteiger partial charge in [0, 0.05) is 13.8 Å². The lowest BCUT2D eigenvalue weighted by Gasteiger charge is -2.23. The highest BCUT2D eigenvalue weighted by Crippen LogP contribution is 2.38. The van der Waals surface area contributed by atoms with Crippen molar-refractivity contribution < 1.29 is 37.9 Å². The Labute approximate surface area is 98.1 Å². The number of hydrogen-bond acceptors (Lipinski definition) is 6. The molecule has 0 rings (SSSR count). The van der Waals surface area contributed by atoms with Crippen molar-refractivity contribution in [3.8, 4) is 0 Å². The van der Waals surface area contributed by atoms with E-state index >= 15 is 0 Å². The van der Waals surface area contributed by atoms with E-state index in [-0.39, 0.29) is 6.61 Å². The second-order valence-electron chi connectivity index (χ2n) is 3.25. The topological polar surface area (TPSA) is 119 Å². The van der Waals surface area contributed by atoms with E-state index < -0.39 is 32.0 Å². The Morgan fingerprint density at radius 1 is 1.24 bits per heavy atom. The van der Waals surface area contributed by atoms with E-state index in [0.29, 0.717) is 0 Å². The van der Waals surface area contributed by atoms with E-state index in [4.69, 9.17) is 14.5 Å². The first-order valence-electron chi connectivity index (χ1n) is 4.66. The SMILES string of the molecule is CC(=O)OCC(OC(C)=O)C(C)OP(=O)(O)O. The molecule has 2 atom stereocenters. The van der Waals surface area contributed by atoms with Gasteiger partial charge in [-0.15, -0.1) is 0 Å².